The molecule has 0 atom stereocenters. The Bertz CT molecular complexity index is 808. The molecule has 3 aromatic rings. The van der Waals surface area contributed by atoms with Gasteiger partial charge in [0.05, 0.1) is 23.1 Å². The van der Waals surface area contributed by atoms with Crippen molar-refractivity contribution in [3.63, 3.8) is 0 Å². The first-order chi connectivity index (χ1) is 11.1. The molecule has 23 heavy (non-hydrogen) atoms. The number of ether oxygens (including phenoxy) is 1. The Labute approximate surface area is 134 Å². The molecule has 3 rings (SSSR count). The second kappa shape index (κ2) is 6.36. The van der Waals surface area contributed by atoms with Crippen LogP contribution >= 0.6 is 0 Å². The van der Waals surface area contributed by atoms with Crippen LogP contribution in [-0.2, 0) is 6.61 Å². The molecule has 5 nitrogen and oxygen atoms in total. The molecule has 0 saturated heterocycles. The van der Waals surface area contributed by atoms with Crippen LogP contribution in [0.4, 0.5) is 0 Å². The molecule has 0 aliphatic rings. The molecule has 2 aromatic carbocycles. The quantitative estimate of drug-likeness (QED) is 0.788. The van der Waals surface area contributed by atoms with E-state index in [2.05, 4.69) is 5.10 Å². The lowest BCUT2D eigenvalue weighted by Gasteiger charge is -2.11. The van der Waals surface area contributed by atoms with Crippen LogP contribution in [0.2, 0.25) is 0 Å². The molecule has 0 unspecified atom stereocenters. The molecule has 116 valence electrons. The average Bonchev–Trinajstić information content (AvgIpc) is 2.99. The fourth-order valence-electron chi connectivity index (χ4n) is 2.30. The van der Waals surface area contributed by atoms with Crippen molar-refractivity contribution >= 4 is 5.91 Å². The number of primary amides is 1. The van der Waals surface area contributed by atoms with E-state index in [1.54, 1.807) is 4.68 Å². The number of carbonyl (C=O) groups is 1. The van der Waals surface area contributed by atoms with Gasteiger partial charge in [0, 0.05) is 0 Å². The second-order valence-electron chi connectivity index (χ2n) is 5.22. The Balaban J connectivity index is 1.91. The number of amides is 1. The normalized spacial score (nSPS) is 10.5. The van der Waals surface area contributed by atoms with Crippen molar-refractivity contribution in [2.45, 2.75) is 13.5 Å². The zero-order chi connectivity index (χ0) is 16.2. The highest BCUT2D eigenvalue weighted by atomic mass is 16.5. The molecule has 0 spiro atoms. The van der Waals surface area contributed by atoms with E-state index in [4.69, 9.17) is 10.5 Å². The topological polar surface area (TPSA) is 70.1 Å². The summed E-state index contributed by atoms with van der Waals surface area (Å²) in [5, 5.41) is 4.27. The Morgan fingerprint density at radius 2 is 1.83 bits per heavy atom. The van der Waals surface area contributed by atoms with E-state index in [0.29, 0.717) is 11.3 Å². The second-order valence-corrected chi connectivity index (χ2v) is 5.22. The fraction of sp³-hybridized carbons (Fsp3) is 0.111. The van der Waals surface area contributed by atoms with Crippen molar-refractivity contribution in [2.24, 2.45) is 5.73 Å². The van der Waals surface area contributed by atoms with Crippen LogP contribution in [0.1, 0.15) is 21.6 Å². The van der Waals surface area contributed by atoms with Gasteiger partial charge in [-0.1, -0.05) is 35.9 Å². The molecule has 0 bridgehead atoms. The first-order valence-corrected chi connectivity index (χ1v) is 7.27. The third-order valence-corrected chi connectivity index (χ3v) is 3.53. The number of para-hydroxylation sites is 1. The SMILES string of the molecule is Cc1ccc(OCc2c(C(N)=O)cnn2-c2ccccc2)cc1. The van der Waals surface area contributed by atoms with Crippen molar-refractivity contribution in [3.05, 3.63) is 77.6 Å². The Kier molecular flexibility index (Phi) is 4.10. The van der Waals surface area contributed by atoms with Gasteiger partial charge in [-0.25, -0.2) is 4.68 Å². The maximum absolute atomic E-state index is 11.6. The molecule has 0 saturated carbocycles. The average molecular weight is 307 g/mol. The highest BCUT2D eigenvalue weighted by Crippen LogP contribution is 2.18. The van der Waals surface area contributed by atoms with Gasteiger partial charge >= 0.3 is 0 Å². The standard InChI is InChI=1S/C18H17N3O2/c1-13-7-9-15(10-8-13)23-12-17-16(18(19)22)11-20-21(17)14-5-3-2-4-6-14/h2-11H,12H2,1H3,(H2,19,22). The number of nitrogens with two attached hydrogens (primary N) is 1. The predicted molar refractivity (Wildman–Crippen MR) is 87.6 cm³/mol. The van der Waals surface area contributed by atoms with E-state index in [9.17, 15) is 4.79 Å². The summed E-state index contributed by atoms with van der Waals surface area (Å²) >= 11 is 0. The third-order valence-electron chi connectivity index (χ3n) is 3.53. The Morgan fingerprint density at radius 1 is 1.13 bits per heavy atom. The molecular weight excluding hydrogens is 290 g/mol. The van der Waals surface area contributed by atoms with Crippen molar-refractivity contribution in [2.75, 3.05) is 0 Å². The number of carbonyl (C=O) groups excluding carboxylic acids is 1. The van der Waals surface area contributed by atoms with E-state index in [-0.39, 0.29) is 6.61 Å². The third kappa shape index (κ3) is 3.23. The maximum Gasteiger partial charge on any atom is 0.252 e. The summed E-state index contributed by atoms with van der Waals surface area (Å²) in [6, 6.07) is 17.3. The number of nitrogens with zero attached hydrogens (tertiary/aromatic N) is 2. The van der Waals surface area contributed by atoms with Gasteiger partial charge in [-0.2, -0.15) is 5.10 Å². The Morgan fingerprint density at radius 3 is 2.48 bits per heavy atom. The number of hydrogen-bond acceptors (Lipinski definition) is 3. The van der Waals surface area contributed by atoms with Gasteiger partial charge in [0.15, 0.2) is 0 Å². The van der Waals surface area contributed by atoms with Crippen LogP contribution < -0.4 is 10.5 Å². The molecule has 1 aromatic heterocycles. The molecule has 1 amide bonds. The van der Waals surface area contributed by atoms with Crippen LogP contribution in [0.3, 0.4) is 0 Å². The van der Waals surface area contributed by atoms with Crippen LogP contribution in [0, 0.1) is 6.92 Å². The molecule has 5 heteroatoms. The van der Waals surface area contributed by atoms with E-state index in [1.165, 1.54) is 6.20 Å². The van der Waals surface area contributed by atoms with Gasteiger partial charge in [0.25, 0.3) is 5.91 Å². The highest BCUT2D eigenvalue weighted by Gasteiger charge is 2.17. The van der Waals surface area contributed by atoms with E-state index >= 15 is 0 Å². The molecule has 0 aliphatic heterocycles. The van der Waals surface area contributed by atoms with Gasteiger partial charge in [-0.15, -0.1) is 0 Å². The summed E-state index contributed by atoms with van der Waals surface area (Å²) in [5.41, 5.74) is 8.44. The molecule has 2 N–H and O–H groups in total. The minimum Gasteiger partial charge on any atom is -0.487 e. The lowest BCUT2D eigenvalue weighted by molar-refractivity contribution is 0.0997. The zero-order valence-electron chi connectivity index (χ0n) is 12.8. The van der Waals surface area contributed by atoms with Gasteiger partial charge in [-0.05, 0) is 31.2 Å². The maximum atomic E-state index is 11.6. The van der Waals surface area contributed by atoms with E-state index in [0.717, 1.165) is 17.0 Å². The largest absolute Gasteiger partial charge is 0.487 e. The number of hydrogen-bond donors (Lipinski definition) is 1. The number of rotatable bonds is 5. The van der Waals surface area contributed by atoms with Crippen LogP contribution in [0.5, 0.6) is 5.75 Å². The monoisotopic (exact) mass is 307 g/mol. The number of aryl methyl sites for hydroxylation is 1. The van der Waals surface area contributed by atoms with Crippen molar-refractivity contribution in [1.82, 2.24) is 9.78 Å². The molecule has 0 aliphatic carbocycles. The summed E-state index contributed by atoms with van der Waals surface area (Å²) < 4.78 is 7.46. The van der Waals surface area contributed by atoms with Crippen LogP contribution in [-0.4, -0.2) is 15.7 Å². The predicted octanol–water partition coefficient (Wildman–Crippen LogP) is 2.86. The van der Waals surface area contributed by atoms with Crippen molar-refractivity contribution in [1.29, 1.82) is 0 Å². The number of aromatic nitrogens is 2. The van der Waals surface area contributed by atoms with Crippen LogP contribution in [0.15, 0.2) is 60.8 Å². The first kappa shape index (κ1) is 14.8. The first-order valence-electron chi connectivity index (χ1n) is 7.27. The summed E-state index contributed by atoms with van der Waals surface area (Å²) in [6.07, 6.45) is 1.48. The van der Waals surface area contributed by atoms with Gasteiger partial charge in [0.2, 0.25) is 0 Å². The van der Waals surface area contributed by atoms with E-state index < -0.39 is 5.91 Å². The molecule has 0 radical (unpaired) electrons. The van der Waals surface area contributed by atoms with Gasteiger partial charge < -0.3 is 10.5 Å². The smallest absolute Gasteiger partial charge is 0.252 e. The van der Waals surface area contributed by atoms with Gasteiger partial charge in [-0.3, -0.25) is 4.79 Å². The molecule has 0 fully saturated rings. The fourth-order valence-corrected chi connectivity index (χ4v) is 2.30. The number of benzene rings is 2. The van der Waals surface area contributed by atoms with Crippen LogP contribution in [0.25, 0.3) is 5.69 Å². The summed E-state index contributed by atoms with van der Waals surface area (Å²) in [7, 11) is 0. The minimum atomic E-state index is -0.519. The van der Waals surface area contributed by atoms with E-state index in [1.807, 2.05) is 61.5 Å². The van der Waals surface area contributed by atoms with Gasteiger partial charge in [0.1, 0.15) is 12.4 Å². The summed E-state index contributed by atoms with van der Waals surface area (Å²) in [5.74, 6) is 0.210. The highest BCUT2D eigenvalue weighted by molar-refractivity contribution is 5.93. The molecule has 1 heterocycles. The molecular formula is C18H17N3O2. The minimum absolute atomic E-state index is 0.205. The lowest BCUT2D eigenvalue weighted by Crippen LogP contribution is -2.15. The van der Waals surface area contributed by atoms with Crippen molar-refractivity contribution < 1.29 is 9.53 Å². The summed E-state index contributed by atoms with van der Waals surface area (Å²) in [6.45, 7) is 2.22. The van der Waals surface area contributed by atoms with Crippen molar-refractivity contribution in [3.8, 4) is 11.4 Å². The Hall–Kier alpha value is -3.08. The summed E-state index contributed by atoms with van der Waals surface area (Å²) in [4.78, 5) is 11.6. The lowest BCUT2D eigenvalue weighted by atomic mass is 10.2. The zero-order valence-corrected chi connectivity index (χ0v) is 12.8.